The van der Waals surface area contributed by atoms with Crippen molar-refractivity contribution < 1.29 is 14.0 Å². The summed E-state index contributed by atoms with van der Waals surface area (Å²) in [5.41, 5.74) is 1.93. The van der Waals surface area contributed by atoms with Gasteiger partial charge in [-0.25, -0.2) is 9.98 Å². The number of hydrogen-bond donors (Lipinski definition) is 1. The van der Waals surface area contributed by atoms with Gasteiger partial charge in [-0.3, -0.25) is 4.90 Å². The van der Waals surface area contributed by atoms with Crippen LogP contribution in [0.25, 0.3) is 0 Å². The second-order valence-electron chi connectivity index (χ2n) is 6.73. The maximum atomic E-state index is 5.72. The Morgan fingerprint density at radius 2 is 2.07 bits per heavy atom. The van der Waals surface area contributed by atoms with Gasteiger partial charge in [0, 0.05) is 64.2 Å². The van der Waals surface area contributed by atoms with Crippen LogP contribution in [-0.2, 0) is 17.8 Å². The Kier molecular flexibility index (Phi) is 10.9. The molecule has 2 aromatic rings. The fourth-order valence-corrected chi connectivity index (χ4v) is 3.15. The first kappa shape index (κ1) is 24.4. The molecule has 30 heavy (non-hydrogen) atoms. The molecule has 0 amide bonds. The van der Waals surface area contributed by atoms with Crippen LogP contribution in [0.4, 0.5) is 0 Å². The van der Waals surface area contributed by atoms with Crippen molar-refractivity contribution in [1.29, 1.82) is 0 Å². The highest BCUT2D eigenvalue weighted by Gasteiger charge is 2.20. The quantitative estimate of drug-likeness (QED) is 0.228. The summed E-state index contributed by atoms with van der Waals surface area (Å²) in [5, 5.41) is 7.40. The van der Waals surface area contributed by atoms with E-state index in [1.807, 2.05) is 18.2 Å². The zero-order valence-electron chi connectivity index (χ0n) is 17.6. The Balaban J connectivity index is 0.00000320. The third kappa shape index (κ3) is 7.40. The summed E-state index contributed by atoms with van der Waals surface area (Å²) in [5.74, 6) is 1.53. The zero-order valence-corrected chi connectivity index (χ0v) is 20.0. The molecule has 1 aliphatic heterocycles. The van der Waals surface area contributed by atoms with Gasteiger partial charge in [-0.2, -0.15) is 0 Å². The molecule has 0 unspecified atom stereocenters. The van der Waals surface area contributed by atoms with Crippen LogP contribution in [0.3, 0.4) is 0 Å². The van der Waals surface area contributed by atoms with Crippen molar-refractivity contribution in [3.63, 3.8) is 0 Å². The zero-order chi connectivity index (χ0) is 20.3. The minimum Gasteiger partial charge on any atom is -0.475 e. The van der Waals surface area contributed by atoms with Crippen LogP contribution >= 0.6 is 24.0 Å². The van der Waals surface area contributed by atoms with Gasteiger partial charge in [0.2, 0.25) is 5.88 Å². The molecule has 0 bridgehead atoms. The molecule has 0 spiro atoms. The van der Waals surface area contributed by atoms with Gasteiger partial charge in [-0.1, -0.05) is 11.2 Å². The van der Waals surface area contributed by atoms with E-state index >= 15 is 0 Å². The van der Waals surface area contributed by atoms with Crippen LogP contribution in [0.15, 0.2) is 40.2 Å². The van der Waals surface area contributed by atoms with E-state index in [1.54, 1.807) is 19.6 Å². The molecular weight excluding hydrogens is 499 g/mol. The average molecular weight is 530 g/mol. The number of pyridine rings is 1. The molecule has 166 valence electrons. The number of hydrogen-bond acceptors (Lipinski definition) is 7. The minimum atomic E-state index is 0. The van der Waals surface area contributed by atoms with Crippen molar-refractivity contribution in [3.05, 3.63) is 41.9 Å². The van der Waals surface area contributed by atoms with Crippen LogP contribution in [0, 0.1) is 0 Å². The molecule has 0 aromatic carbocycles. The Bertz CT molecular complexity index is 751. The van der Waals surface area contributed by atoms with Crippen LogP contribution in [0.1, 0.15) is 18.2 Å². The van der Waals surface area contributed by atoms with Crippen molar-refractivity contribution in [2.45, 2.75) is 20.0 Å². The molecule has 1 N–H and O–H groups in total. The largest absolute Gasteiger partial charge is 0.475 e. The van der Waals surface area contributed by atoms with Gasteiger partial charge in [-0.15, -0.1) is 24.0 Å². The van der Waals surface area contributed by atoms with Gasteiger partial charge >= 0.3 is 0 Å². The van der Waals surface area contributed by atoms with E-state index in [0.717, 1.165) is 56.5 Å². The van der Waals surface area contributed by atoms with Gasteiger partial charge in [0.1, 0.15) is 12.9 Å². The number of guanidine groups is 1. The summed E-state index contributed by atoms with van der Waals surface area (Å²) >= 11 is 0. The molecule has 3 rings (SSSR count). The van der Waals surface area contributed by atoms with Crippen molar-refractivity contribution in [3.8, 4) is 5.88 Å². The Labute approximate surface area is 194 Å². The molecule has 0 radical (unpaired) electrons. The van der Waals surface area contributed by atoms with Gasteiger partial charge in [-0.05, 0) is 13.0 Å². The number of piperazine rings is 1. The molecule has 1 aliphatic rings. The molecule has 0 saturated carbocycles. The van der Waals surface area contributed by atoms with Gasteiger partial charge in [0.05, 0.1) is 18.8 Å². The lowest BCUT2D eigenvalue weighted by Gasteiger charge is -2.36. The summed E-state index contributed by atoms with van der Waals surface area (Å²) in [4.78, 5) is 13.8. The van der Waals surface area contributed by atoms with Gasteiger partial charge in [0.25, 0.3) is 0 Å². The predicted octanol–water partition coefficient (Wildman–Crippen LogP) is 2.00. The molecule has 2 aromatic heterocycles. The highest BCUT2D eigenvalue weighted by atomic mass is 127. The number of rotatable bonds is 9. The number of aromatic nitrogens is 2. The molecular formula is C20H31IN6O3. The first-order chi connectivity index (χ1) is 14.3. The van der Waals surface area contributed by atoms with Crippen molar-refractivity contribution >= 4 is 29.9 Å². The second kappa shape index (κ2) is 13.4. The summed E-state index contributed by atoms with van der Waals surface area (Å²) in [6.45, 7) is 8.96. The van der Waals surface area contributed by atoms with Crippen LogP contribution < -0.4 is 10.1 Å². The highest BCUT2D eigenvalue weighted by Crippen LogP contribution is 2.16. The normalized spacial score (nSPS) is 15.0. The number of aliphatic imine (C=N–C) groups is 1. The fourth-order valence-electron chi connectivity index (χ4n) is 3.15. The van der Waals surface area contributed by atoms with E-state index in [-0.39, 0.29) is 24.0 Å². The molecule has 0 atom stereocenters. The number of nitrogens with one attached hydrogen (secondary N) is 1. The first-order valence-electron chi connectivity index (χ1n) is 10.0. The monoisotopic (exact) mass is 530 g/mol. The fraction of sp³-hybridized carbons (Fsp3) is 0.550. The SMILES string of the molecule is CCNC(=NCc1cccnc1OCCOC)N1CCN(Cc2ccon2)CC1.I. The smallest absolute Gasteiger partial charge is 0.218 e. The Morgan fingerprint density at radius 3 is 2.77 bits per heavy atom. The number of halogens is 1. The van der Waals surface area contributed by atoms with E-state index < -0.39 is 0 Å². The molecule has 1 saturated heterocycles. The summed E-state index contributed by atoms with van der Waals surface area (Å²) < 4.78 is 15.7. The summed E-state index contributed by atoms with van der Waals surface area (Å²) in [6.07, 6.45) is 3.35. The average Bonchev–Trinajstić information content (AvgIpc) is 3.26. The highest BCUT2D eigenvalue weighted by molar-refractivity contribution is 14.0. The maximum absolute atomic E-state index is 5.72. The lowest BCUT2D eigenvalue weighted by Crippen LogP contribution is -2.52. The lowest BCUT2D eigenvalue weighted by atomic mass is 10.2. The molecule has 10 heteroatoms. The summed E-state index contributed by atoms with van der Waals surface area (Å²) in [7, 11) is 1.65. The van der Waals surface area contributed by atoms with E-state index in [9.17, 15) is 0 Å². The standard InChI is InChI=1S/C20H30N6O3.HI/c1-3-21-20(23-15-17-5-4-7-22-19(17)28-14-13-27-2)26-10-8-25(9-11-26)16-18-6-12-29-24-18;/h4-7,12H,3,8-11,13-16H2,1-2H3,(H,21,23);1H. The molecule has 9 nitrogen and oxygen atoms in total. The first-order valence-corrected chi connectivity index (χ1v) is 10.0. The second-order valence-corrected chi connectivity index (χ2v) is 6.73. The van der Waals surface area contributed by atoms with E-state index in [0.29, 0.717) is 25.6 Å². The van der Waals surface area contributed by atoms with E-state index in [2.05, 4.69) is 32.2 Å². The predicted molar refractivity (Wildman–Crippen MR) is 125 cm³/mol. The van der Waals surface area contributed by atoms with Crippen molar-refractivity contribution in [2.75, 3.05) is 53.0 Å². The van der Waals surface area contributed by atoms with Gasteiger partial charge < -0.3 is 24.2 Å². The molecule has 0 aliphatic carbocycles. The Morgan fingerprint density at radius 1 is 1.23 bits per heavy atom. The summed E-state index contributed by atoms with van der Waals surface area (Å²) in [6, 6.07) is 5.82. The number of nitrogens with zero attached hydrogens (tertiary/aromatic N) is 5. The van der Waals surface area contributed by atoms with Crippen molar-refractivity contribution in [2.24, 2.45) is 4.99 Å². The van der Waals surface area contributed by atoms with Crippen LogP contribution in [0.5, 0.6) is 5.88 Å². The topological polar surface area (TPSA) is 88.3 Å². The third-order valence-corrected chi connectivity index (χ3v) is 4.66. The third-order valence-electron chi connectivity index (χ3n) is 4.66. The molecule has 3 heterocycles. The van der Waals surface area contributed by atoms with Crippen LogP contribution in [0.2, 0.25) is 0 Å². The van der Waals surface area contributed by atoms with Crippen LogP contribution in [-0.4, -0.2) is 78.9 Å². The van der Waals surface area contributed by atoms with Gasteiger partial charge in [0.15, 0.2) is 5.96 Å². The van der Waals surface area contributed by atoms with E-state index in [1.165, 1.54) is 0 Å². The van der Waals surface area contributed by atoms with E-state index in [4.69, 9.17) is 19.0 Å². The number of methoxy groups -OCH3 is 1. The molecule has 1 fully saturated rings. The maximum Gasteiger partial charge on any atom is 0.218 e. The number of ether oxygens (including phenoxy) is 2. The van der Waals surface area contributed by atoms with Crippen molar-refractivity contribution in [1.82, 2.24) is 25.3 Å². The Hall–Kier alpha value is -1.92. The lowest BCUT2D eigenvalue weighted by molar-refractivity contribution is 0.143. The minimum absolute atomic E-state index is 0.